The van der Waals surface area contributed by atoms with Crippen LogP contribution in [0.3, 0.4) is 0 Å². The average molecular weight is 219 g/mol. The van der Waals surface area contributed by atoms with E-state index >= 15 is 0 Å². The first-order valence-corrected chi connectivity index (χ1v) is 4.27. The molecule has 1 aromatic carbocycles. The first-order chi connectivity index (χ1) is 7.54. The van der Waals surface area contributed by atoms with E-state index in [2.05, 4.69) is 11.8 Å². The fraction of sp³-hybridized carbons (Fsp3) is 0.0909. The Morgan fingerprint density at radius 3 is 2.62 bits per heavy atom. The fourth-order valence-corrected chi connectivity index (χ4v) is 1.08. The number of carbonyl (C=O) groups excluding carboxylic acids is 1. The number of aromatic carboxylic acids is 1. The number of carbonyl (C=O) groups is 2. The van der Waals surface area contributed by atoms with E-state index in [0.717, 1.165) is 0 Å². The molecule has 0 aliphatic rings. The van der Waals surface area contributed by atoms with Crippen molar-refractivity contribution in [1.29, 1.82) is 0 Å². The van der Waals surface area contributed by atoms with Crippen molar-refractivity contribution in [2.75, 3.05) is 7.11 Å². The second-order valence-corrected chi connectivity index (χ2v) is 2.83. The van der Waals surface area contributed by atoms with Crippen molar-refractivity contribution in [2.24, 2.45) is 5.73 Å². The van der Waals surface area contributed by atoms with Crippen LogP contribution in [0.2, 0.25) is 0 Å². The summed E-state index contributed by atoms with van der Waals surface area (Å²) >= 11 is 0. The minimum atomic E-state index is -1.09. The maximum absolute atomic E-state index is 10.8. The molecule has 0 aromatic heterocycles. The number of amides is 1. The molecule has 5 heteroatoms. The van der Waals surface area contributed by atoms with Crippen molar-refractivity contribution in [3.63, 3.8) is 0 Å². The van der Waals surface area contributed by atoms with Crippen LogP contribution < -0.4 is 10.5 Å². The monoisotopic (exact) mass is 219 g/mol. The van der Waals surface area contributed by atoms with Gasteiger partial charge in [-0.25, -0.2) is 4.79 Å². The highest BCUT2D eigenvalue weighted by atomic mass is 16.5. The average Bonchev–Trinajstić information content (AvgIpc) is 2.25. The van der Waals surface area contributed by atoms with Crippen molar-refractivity contribution in [3.05, 3.63) is 29.3 Å². The van der Waals surface area contributed by atoms with Crippen molar-refractivity contribution in [2.45, 2.75) is 0 Å². The van der Waals surface area contributed by atoms with Gasteiger partial charge in [-0.3, -0.25) is 4.79 Å². The number of carboxylic acids is 1. The van der Waals surface area contributed by atoms with Gasteiger partial charge in [0.15, 0.2) is 0 Å². The van der Waals surface area contributed by atoms with Crippen LogP contribution in [0.5, 0.6) is 5.75 Å². The molecular weight excluding hydrogens is 210 g/mol. The molecule has 3 N–H and O–H groups in total. The minimum Gasteiger partial charge on any atom is -0.496 e. The van der Waals surface area contributed by atoms with Gasteiger partial charge in [0.25, 0.3) is 5.91 Å². The first-order valence-electron chi connectivity index (χ1n) is 4.27. The molecule has 0 spiro atoms. The van der Waals surface area contributed by atoms with Gasteiger partial charge in [-0.1, -0.05) is 5.92 Å². The number of hydrogen-bond donors (Lipinski definition) is 2. The number of benzene rings is 1. The molecule has 0 unspecified atom stereocenters. The maximum Gasteiger partial charge on any atom is 0.339 e. The Morgan fingerprint density at radius 2 is 2.12 bits per heavy atom. The smallest absolute Gasteiger partial charge is 0.339 e. The molecule has 0 heterocycles. The molecule has 1 rings (SSSR count). The molecule has 0 saturated carbocycles. The predicted molar refractivity (Wildman–Crippen MR) is 56.0 cm³/mol. The zero-order valence-electron chi connectivity index (χ0n) is 8.48. The third-order valence-corrected chi connectivity index (χ3v) is 1.76. The predicted octanol–water partition coefficient (Wildman–Crippen LogP) is 0.230. The molecule has 0 aliphatic heterocycles. The Balaban J connectivity index is 3.15. The van der Waals surface area contributed by atoms with E-state index in [1.54, 1.807) is 0 Å². The van der Waals surface area contributed by atoms with Gasteiger partial charge in [-0.2, -0.15) is 0 Å². The zero-order valence-corrected chi connectivity index (χ0v) is 8.48. The highest BCUT2D eigenvalue weighted by Gasteiger charge is 2.10. The Labute approximate surface area is 91.8 Å². The molecule has 0 aliphatic carbocycles. The van der Waals surface area contributed by atoms with Gasteiger partial charge in [0.05, 0.1) is 7.11 Å². The Morgan fingerprint density at radius 1 is 1.44 bits per heavy atom. The van der Waals surface area contributed by atoms with Gasteiger partial charge >= 0.3 is 5.97 Å². The zero-order chi connectivity index (χ0) is 12.1. The minimum absolute atomic E-state index is 0.0344. The van der Waals surface area contributed by atoms with Gasteiger partial charge in [0.2, 0.25) is 0 Å². The number of methoxy groups -OCH3 is 1. The third-order valence-electron chi connectivity index (χ3n) is 1.76. The summed E-state index contributed by atoms with van der Waals surface area (Å²) in [6.07, 6.45) is 0. The lowest BCUT2D eigenvalue weighted by Gasteiger charge is -2.04. The fourth-order valence-electron chi connectivity index (χ4n) is 1.08. The topological polar surface area (TPSA) is 89.6 Å². The number of rotatable bonds is 2. The maximum atomic E-state index is 10.8. The van der Waals surface area contributed by atoms with Crippen molar-refractivity contribution < 1.29 is 19.4 Å². The van der Waals surface area contributed by atoms with E-state index in [1.165, 1.54) is 25.3 Å². The van der Waals surface area contributed by atoms with E-state index in [1.807, 2.05) is 0 Å². The molecule has 1 aromatic rings. The molecule has 0 radical (unpaired) electrons. The molecular formula is C11H9NO4. The van der Waals surface area contributed by atoms with Crippen molar-refractivity contribution in [1.82, 2.24) is 0 Å². The van der Waals surface area contributed by atoms with E-state index < -0.39 is 11.9 Å². The quantitative estimate of drug-likeness (QED) is 0.697. The van der Waals surface area contributed by atoms with Crippen LogP contribution in [0.4, 0.5) is 0 Å². The molecule has 0 bridgehead atoms. The lowest BCUT2D eigenvalue weighted by atomic mass is 10.1. The molecule has 16 heavy (non-hydrogen) atoms. The molecule has 0 saturated heterocycles. The van der Waals surface area contributed by atoms with Gasteiger partial charge < -0.3 is 15.6 Å². The number of hydrogen-bond acceptors (Lipinski definition) is 3. The van der Waals surface area contributed by atoms with Crippen molar-refractivity contribution in [3.8, 4) is 17.6 Å². The summed E-state index contributed by atoms with van der Waals surface area (Å²) < 4.78 is 4.89. The number of carboxylic acid groups (broad SMARTS) is 1. The SMILES string of the molecule is COc1cc(C#CC(N)=O)ccc1C(=O)O. The van der Waals surface area contributed by atoms with Crippen molar-refractivity contribution >= 4 is 11.9 Å². The number of primary amides is 1. The highest BCUT2D eigenvalue weighted by Crippen LogP contribution is 2.19. The molecule has 0 fully saturated rings. The van der Waals surface area contributed by atoms with E-state index in [-0.39, 0.29) is 11.3 Å². The summed E-state index contributed by atoms with van der Waals surface area (Å²) in [5.74, 6) is 2.98. The van der Waals surface area contributed by atoms with E-state index in [9.17, 15) is 9.59 Å². The number of ether oxygens (including phenoxy) is 1. The standard InChI is InChI=1S/C11H9NO4/c1-16-9-6-7(3-5-10(12)13)2-4-8(9)11(14)15/h2,4,6H,1H3,(H2,12,13)(H,14,15). The summed E-state index contributed by atoms with van der Waals surface area (Å²) in [5, 5.41) is 8.82. The lowest BCUT2D eigenvalue weighted by molar-refractivity contribution is -0.112. The second kappa shape index (κ2) is 4.84. The van der Waals surface area contributed by atoms with Crippen LogP contribution >= 0.6 is 0 Å². The van der Waals surface area contributed by atoms with Crippen LogP contribution in [0, 0.1) is 11.8 Å². The first kappa shape index (κ1) is 11.6. The largest absolute Gasteiger partial charge is 0.496 e. The van der Waals surface area contributed by atoms with Gasteiger partial charge in [-0.05, 0) is 24.1 Å². The Hall–Kier alpha value is -2.48. The van der Waals surface area contributed by atoms with Crippen LogP contribution in [-0.2, 0) is 4.79 Å². The summed E-state index contributed by atoms with van der Waals surface area (Å²) in [6.45, 7) is 0. The highest BCUT2D eigenvalue weighted by molar-refractivity contribution is 5.93. The molecule has 1 amide bonds. The van der Waals surface area contributed by atoms with Gasteiger partial charge in [-0.15, -0.1) is 0 Å². The number of nitrogens with two attached hydrogens (primary N) is 1. The van der Waals surface area contributed by atoms with Crippen LogP contribution in [-0.4, -0.2) is 24.1 Å². The Kier molecular flexibility index (Phi) is 3.51. The van der Waals surface area contributed by atoms with Crippen LogP contribution in [0.25, 0.3) is 0 Å². The Bertz CT molecular complexity index is 496. The summed E-state index contributed by atoms with van der Waals surface area (Å²) in [4.78, 5) is 21.2. The molecule has 82 valence electrons. The van der Waals surface area contributed by atoms with Gasteiger partial charge in [0.1, 0.15) is 11.3 Å². The normalized spacial score (nSPS) is 8.81. The summed E-state index contributed by atoms with van der Waals surface area (Å²) in [7, 11) is 1.35. The van der Waals surface area contributed by atoms with E-state index in [0.29, 0.717) is 5.56 Å². The van der Waals surface area contributed by atoms with Crippen LogP contribution in [0.15, 0.2) is 18.2 Å². The second-order valence-electron chi connectivity index (χ2n) is 2.83. The molecule has 0 atom stereocenters. The third kappa shape index (κ3) is 2.75. The van der Waals surface area contributed by atoms with Gasteiger partial charge in [0, 0.05) is 5.56 Å². The van der Waals surface area contributed by atoms with E-state index in [4.69, 9.17) is 15.6 Å². The lowest BCUT2D eigenvalue weighted by Crippen LogP contribution is -2.06. The summed E-state index contributed by atoms with van der Waals surface area (Å²) in [6, 6.07) is 4.26. The summed E-state index contributed by atoms with van der Waals surface area (Å²) in [5.41, 5.74) is 5.34. The van der Waals surface area contributed by atoms with Crippen LogP contribution in [0.1, 0.15) is 15.9 Å². The molecule has 5 nitrogen and oxygen atoms in total.